The first-order valence-electron chi connectivity index (χ1n) is 5.43. The molecule has 0 unspecified atom stereocenters. The van der Waals surface area contributed by atoms with Gasteiger partial charge in [0.15, 0.2) is 5.75 Å². The number of benzene rings is 2. The highest BCUT2D eigenvalue weighted by Crippen LogP contribution is 2.36. The molecule has 0 spiro atoms. The van der Waals surface area contributed by atoms with Crippen molar-refractivity contribution >= 4 is 23.3 Å². The van der Waals surface area contributed by atoms with Crippen molar-refractivity contribution in [2.75, 3.05) is 0 Å². The number of nitrogens with zero attached hydrogens (tertiary/aromatic N) is 1. The van der Waals surface area contributed by atoms with Gasteiger partial charge in [0.25, 0.3) is 5.69 Å². The quantitative estimate of drug-likeness (QED) is 0.685. The third-order valence-corrected chi connectivity index (χ3v) is 2.71. The van der Waals surface area contributed by atoms with Gasteiger partial charge in [-0.3, -0.25) is 10.1 Å². The minimum absolute atomic E-state index is 0.129. The van der Waals surface area contributed by atoms with E-state index in [1.54, 1.807) is 30.3 Å². The Labute approximate surface area is 118 Å². The molecular formula is C13H8ClNO5. The molecule has 0 aliphatic rings. The Morgan fingerprint density at radius 3 is 2.45 bits per heavy atom. The van der Waals surface area contributed by atoms with Crippen molar-refractivity contribution in [3.63, 3.8) is 0 Å². The van der Waals surface area contributed by atoms with Gasteiger partial charge >= 0.3 is 5.97 Å². The van der Waals surface area contributed by atoms with Crippen molar-refractivity contribution in [1.82, 2.24) is 0 Å². The molecule has 0 aliphatic carbocycles. The van der Waals surface area contributed by atoms with E-state index in [-0.39, 0.29) is 16.3 Å². The van der Waals surface area contributed by atoms with Crippen molar-refractivity contribution in [1.29, 1.82) is 0 Å². The smallest absolute Gasteiger partial charge is 0.339 e. The lowest BCUT2D eigenvalue weighted by Crippen LogP contribution is -2.02. The molecule has 0 amide bonds. The fourth-order valence-corrected chi connectivity index (χ4v) is 1.81. The zero-order valence-electron chi connectivity index (χ0n) is 9.95. The third-order valence-electron chi connectivity index (χ3n) is 2.43. The molecule has 0 fully saturated rings. The molecule has 102 valence electrons. The summed E-state index contributed by atoms with van der Waals surface area (Å²) in [6.45, 7) is 0. The van der Waals surface area contributed by atoms with Crippen LogP contribution in [0.4, 0.5) is 5.69 Å². The molecule has 1 N–H and O–H groups in total. The molecule has 20 heavy (non-hydrogen) atoms. The van der Waals surface area contributed by atoms with Gasteiger partial charge < -0.3 is 9.84 Å². The van der Waals surface area contributed by atoms with E-state index in [9.17, 15) is 14.9 Å². The van der Waals surface area contributed by atoms with Gasteiger partial charge in [-0.05, 0) is 12.1 Å². The molecule has 0 heterocycles. The number of nitro groups is 1. The van der Waals surface area contributed by atoms with Gasteiger partial charge in [0.2, 0.25) is 0 Å². The van der Waals surface area contributed by atoms with E-state index in [0.29, 0.717) is 5.75 Å². The predicted molar refractivity (Wildman–Crippen MR) is 71.6 cm³/mol. The molecule has 7 heteroatoms. The SMILES string of the molecule is O=C(O)c1cc([N+](=O)[O-])cc(Cl)c1Oc1ccccc1. The molecule has 2 aromatic rings. The zero-order chi connectivity index (χ0) is 14.7. The van der Waals surface area contributed by atoms with Crippen molar-refractivity contribution in [3.05, 3.63) is 63.2 Å². The molecule has 0 atom stereocenters. The van der Waals surface area contributed by atoms with Gasteiger partial charge in [-0.15, -0.1) is 0 Å². The summed E-state index contributed by atoms with van der Waals surface area (Å²) < 4.78 is 5.40. The van der Waals surface area contributed by atoms with E-state index >= 15 is 0 Å². The minimum Gasteiger partial charge on any atom is -0.478 e. The maximum Gasteiger partial charge on any atom is 0.339 e. The molecule has 0 aliphatic heterocycles. The van der Waals surface area contributed by atoms with Crippen LogP contribution in [0.3, 0.4) is 0 Å². The number of para-hydroxylation sites is 1. The topological polar surface area (TPSA) is 89.7 Å². The molecule has 0 radical (unpaired) electrons. The van der Waals surface area contributed by atoms with Crippen LogP contribution in [0.1, 0.15) is 10.4 Å². The molecule has 0 bridgehead atoms. The summed E-state index contributed by atoms with van der Waals surface area (Å²) in [4.78, 5) is 21.2. The number of hydrogen-bond acceptors (Lipinski definition) is 4. The fourth-order valence-electron chi connectivity index (χ4n) is 1.55. The molecule has 2 rings (SSSR count). The monoisotopic (exact) mass is 293 g/mol. The van der Waals surface area contributed by atoms with Crippen LogP contribution in [0.25, 0.3) is 0 Å². The van der Waals surface area contributed by atoms with Crippen molar-refractivity contribution in [2.45, 2.75) is 0 Å². The highest BCUT2D eigenvalue weighted by Gasteiger charge is 2.21. The van der Waals surface area contributed by atoms with Crippen LogP contribution in [-0.4, -0.2) is 16.0 Å². The minimum atomic E-state index is -1.36. The molecule has 0 saturated heterocycles. The molecule has 2 aromatic carbocycles. The predicted octanol–water partition coefficient (Wildman–Crippen LogP) is 3.74. The first-order chi connectivity index (χ1) is 9.49. The van der Waals surface area contributed by atoms with Gasteiger partial charge in [-0.1, -0.05) is 29.8 Å². The lowest BCUT2D eigenvalue weighted by Gasteiger charge is -2.10. The van der Waals surface area contributed by atoms with Crippen molar-refractivity contribution in [2.24, 2.45) is 0 Å². The molecule has 0 saturated carbocycles. The van der Waals surface area contributed by atoms with Crippen LogP contribution in [0.5, 0.6) is 11.5 Å². The second-order valence-electron chi connectivity index (χ2n) is 3.78. The number of ether oxygens (including phenoxy) is 1. The number of hydrogen-bond donors (Lipinski definition) is 1. The van der Waals surface area contributed by atoms with Gasteiger partial charge in [-0.25, -0.2) is 4.79 Å². The summed E-state index contributed by atoms with van der Waals surface area (Å²) in [5.41, 5.74) is -0.777. The Morgan fingerprint density at radius 2 is 1.90 bits per heavy atom. The zero-order valence-corrected chi connectivity index (χ0v) is 10.7. The lowest BCUT2D eigenvalue weighted by molar-refractivity contribution is -0.384. The normalized spacial score (nSPS) is 10.1. The van der Waals surface area contributed by atoms with E-state index in [1.807, 2.05) is 0 Å². The largest absolute Gasteiger partial charge is 0.478 e. The molecule has 6 nitrogen and oxygen atoms in total. The second-order valence-corrected chi connectivity index (χ2v) is 4.19. The number of carboxylic acid groups (broad SMARTS) is 1. The Hall–Kier alpha value is -2.60. The van der Waals surface area contributed by atoms with Gasteiger partial charge in [0.1, 0.15) is 11.3 Å². The van der Waals surface area contributed by atoms with Crippen molar-refractivity contribution < 1.29 is 19.6 Å². The highest BCUT2D eigenvalue weighted by molar-refractivity contribution is 6.33. The summed E-state index contributed by atoms with van der Waals surface area (Å²) in [6, 6.07) is 10.4. The number of halogens is 1. The Kier molecular flexibility index (Phi) is 3.86. The Bertz CT molecular complexity index is 672. The number of carboxylic acids is 1. The third kappa shape index (κ3) is 2.86. The average molecular weight is 294 g/mol. The van der Waals surface area contributed by atoms with Crippen LogP contribution in [-0.2, 0) is 0 Å². The fraction of sp³-hybridized carbons (Fsp3) is 0. The van der Waals surface area contributed by atoms with Crippen LogP contribution in [0.2, 0.25) is 5.02 Å². The van der Waals surface area contributed by atoms with Crippen LogP contribution in [0, 0.1) is 10.1 Å². The van der Waals surface area contributed by atoms with Gasteiger partial charge in [0.05, 0.1) is 9.95 Å². The summed E-state index contributed by atoms with van der Waals surface area (Å²) >= 11 is 5.88. The summed E-state index contributed by atoms with van der Waals surface area (Å²) in [7, 11) is 0. The lowest BCUT2D eigenvalue weighted by atomic mass is 10.1. The summed E-state index contributed by atoms with van der Waals surface area (Å²) in [5.74, 6) is -1.11. The number of aromatic carboxylic acids is 1. The van der Waals surface area contributed by atoms with E-state index in [2.05, 4.69) is 0 Å². The maximum absolute atomic E-state index is 11.2. The van der Waals surface area contributed by atoms with E-state index in [4.69, 9.17) is 21.4 Å². The number of nitro benzene ring substituents is 1. The Balaban J connectivity index is 2.51. The number of non-ortho nitro benzene ring substituents is 1. The number of carbonyl (C=O) groups is 1. The van der Waals surface area contributed by atoms with Crippen molar-refractivity contribution in [3.8, 4) is 11.5 Å². The average Bonchev–Trinajstić information content (AvgIpc) is 2.41. The van der Waals surface area contributed by atoms with E-state index < -0.39 is 16.6 Å². The van der Waals surface area contributed by atoms with Crippen LogP contribution < -0.4 is 4.74 Å². The maximum atomic E-state index is 11.2. The standard InChI is InChI=1S/C13H8ClNO5/c14-11-7-8(15(18)19)6-10(13(16)17)12(11)20-9-4-2-1-3-5-9/h1-7H,(H,16,17). The highest BCUT2D eigenvalue weighted by atomic mass is 35.5. The van der Waals surface area contributed by atoms with Gasteiger partial charge in [0, 0.05) is 12.1 Å². The molecule has 0 aromatic heterocycles. The first kappa shape index (κ1) is 13.8. The summed E-state index contributed by atoms with van der Waals surface area (Å²) in [6.07, 6.45) is 0. The van der Waals surface area contributed by atoms with Crippen LogP contribution >= 0.6 is 11.6 Å². The van der Waals surface area contributed by atoms with E-state index in [1.165, 1.54) is 0 Å². The summed E-state index contributed by atoms with van der Waals surface area (Å²) in [5, 5.41) is 19.7. The van der Waals surface area contributed by atoms with E-state index in [0.717, 1.165) is 12.1 Å². The van der Waals surface area contributed by atoms with Gasteiger partial charge in [-0.2, -0.15) is 0 Å². The molecular weight excluding hydrogens is 286 g/mol. The van der Waals surface area contributed by atoms with Crippen LogP contribution in [0.15, 0.2) is 42.5 Å². The first-order valence-corrected chi connectivity index (χ1v) is 5.81. The second kappa shape index (κ2) is 5.58. The number of rotatable bonds is 4. The Morgan fingerprint density at radius 1 is 1.25 bits per heavy atom.